The van der Waals surface area contributed by atoms with Crippen molar-refractivity contribution in [2.24, 2.45) is 5.92 Å². The molecular weight excluding hydrogens is 474 g/mol. The van der Waals surface area contributed by atoms with Crippen LogP contribution in [-0.4, -0.2) is 53.4 Å². The number of carbonyl (C=O) groups excluding carboxylic acids is 3. The third-order valence-electron chi connectivity index (χ3n) is 4.90. The number of carbonyl (C=O) groups is 3. The van der Waals surface area contributed by atoms with Crippen molar-refractivity contribution < 1.29 is 37.4 Å². The van der Waals surface area contributed by atoms with Crippen molar-refractivity contribution in [3.8, 4) is 5.75 Å². The van der Waals surface area contributed by atoms with Gasteiger partial charge in [0.25, 0.3) is 0 Å². The number of ketones is 1. The summed E-state index contributed by atoms with van der Waals surface area (Å²) in [6.45, 7) is 3.02. The van der Waals surface area contributed by atoms with Gasteiger partial charge in [-0.2, -0.15) is 0 Å². The summed E-state index contributed by atoms with van der Waals surface area (Å²) in [5.74, 6) is -0.520. The first-order valence-corrected chi connectivity index (χ1v) is 12.0. The highest BCUT2D eigenvalue weighted by Gasteiger charge is 2.21. The molecule has 192 valence electrons. The van der Waals surface area contributed by atoms with E-state index in [-0.39, 0.29) is 36.0 Å². The second kappa shape index (κ2) is 16.5. The van der Waals surface area contributed by atoms with Crippen LogP contribution in [0.5, 0.6) is 5.75 Å². The van der Waals surface area contributed by atoms with Crippen molar-refractivity contribution in [1.82, 2.24) is 0 Å². The normalized spacial score (nSPS) is 12.8. The maximum atomic E-state index is 12.5. The van der Waals surface area contributed by atoms with E-state index in [0.29, 0.717) is 12.1 Å². The second-order valence-electron chi connectivity index (χ2n) is 7.54. The van der Waals surface area contributed by atoms with Crippen LogP contribution in [0.15, 0.2) is 59.5 Å². The standard InChI is InChI=1S/C18H25NO7S.C7H8O/c1-12(20)4-5-14(10-11-26-18(22)13(2)25-3)17(21)19-15-6-8-16(9-7-15)27(23)24;1-8-7-5-3-2-4-6-7/h6-9,13-14H,4-5,10-11H2,1-3H3,(H,19,21)(H,23,24);2-6H,1H3/p-1. The topological polar surface area (TPSA) is 131 Å². The lowest BCUT2D eigenvalue weighted by Gasteiger charge is -2.17. The highest BCUT2D eigenvalue weighted by atomic mass is 32.2. The Balaban J connectivity index is 0.000000642. The van der Waals surface area contributed by atoms with E-state index >= 15 is 0 Å². The summed E-state index contributed by atoms with van der Waals surface area (Å²) in [4.78, 5) is 35.5. The maximum Gasteiger partial charge on any atom is 0.334 e. The van der Waals surface area contributed by atoms with Gasteiger partial charge in [-0.05, 0) is 74.2 Å². The number of hydrogen-bond donors (Lipinski definition) is 1. The van der Waals surface area contributed by atoms with Gasteiger partial charge in [0.05, 0.1) is 13.7 Å². The lowest BCUT2D eigenvalue weighted by molar-refractivity contribution is -0.155. The summed E-state index contributed by atoms with van der Waals surface area (Å²) in [7, 11) is 3.05. The van der Waals surface area contributed by atoms with Crippen LogP contribution in [0.25, 0.3) is 0 Å². The van der Waals surface area contributed by atoms with E-state index in [1.165, 1.54) is 38.3 Å². The quantitative estimate of drug-likeness (QED) is 0.342. The van der Waals surface area contributed by atoms with Crippen LogP contribution in [-0.2, 0) is 34.9 Å². The number of amides is 1. The molecule has 0 aromatic heterocycles. The number of rotatable bonds is 12. The smallest absolute Gasteiger partial charge is 0.334 e. The van der Waals surface area contributed by atoms with E-state index in [0.717, 1.165) is 5.75 Å². The number of nitrogens with one attached hydrogen (secondary N) is 1. The van der Waals surface area contributed by atoms with Gasteiger partial charge in [-0.15, -0.1) is 0 Å². The Kier molecular flexibility index (Phi) is 14.1. The van der Waals surface area contributed by atoms with E-state index in [2.05, 4.69) is 5.32 Å². The predicted octanol–water partition coefficient (Wildman–Crippen LogP) is 3.51. The Hall–Kier alpha value is -3.08. The van der Waals surface area contributed by atoms with Gasteiger partial charge in [-0.25, -0.2) is 4.79 Å². The molecule has 0 saturated heterocycles. The third kappa shape index (κ3) is 12.3. The molecule has 0 fully saturated rings. The molecule has 0 heterocycles. The van der Waals surface area contributed by atoms with Crippen molar-refractivity contribution in [2.75, 3.05) is 26.1 Å². The van der Waals surface area contributed by atoms with E-state index in [1.807, 2.05) is 30.3 Å². The molecule has 0 saturated carbocycles. The minimum atomic E-state index is -2.34. The van der Waals surface area contributed by atoms with Gasteiger partial charge in [0, 0.05) is 30.0 Å². The van der Waals surface area contributed by atoms with Crippen molar-refractivity contribution in [3.63, 3.8) is 0 Å². The van der Waals surface area contributed by atoms with Crippen molar-refractivity contribution >= 4 is 34.4 Å². The summed E-state index contributed by atoms with van der Waals surface area (Å²) in [6.07, 6.45) is 0.110. The number of methoxy groups -OCH3 is 2. The van der Waals surface area contributed by atoms with Crippen LogP contribution in [0, 0.1) is 5.92 Å². The summed E-state index contributed by atoms with van der Waals surface area (Å²) >= 11 is -2.34. The van der Waals surface area contributed by atoms with Gasteiger partial charge in [-0.1, -0.05) is 18.2 Å². The Morgan fingerprint density at radius 3 is 2.11 bits per heavy atom. The van der Waals surface area contributed by atoms with E-state index in [1.54, 1.807) is 14.0 Å². The van der Waals surface area contributed by atoms with Crippen molar-refractivity contribution in [1.29, 1.82) is 0 Å². The fourth-order valence-corrected chi connectivity index (χ4v) is 3.11. The number of para-hydroxylation sites is 1. The first-order valence-electron chi connectivity index (χ1n) is 11.0. The fraction of sp³-hybridized carbons (Fsp3) is 0.400. The highest BCUT2D eigenvalue weighted by Crippen LogP contribution is 2.18. The molecule has 3 unspecified atom stereocenters. The van der Waals surface area contributed by atoms with Gasteiger partial charge in [0.15, 0.2) is 6.10 Å². The molecule has 2 aromatic rings. The van der Waals surface area contributed by atoms with Crippen LogP contribution < -0.4 is 10.1 Å². The maximum absolute atomic E-state index is 12.5. The van der Waals surface area contributed by atoms with Gasteiger partial charge in [-0.3, -0.25) is 9.00 Å². The summed E-state index contributed by atoms with van der Waals surface area (Å²) in [5, 5.41) is 2.69. The molecule has 10 heteroatoms. The number of anilines is 1. The monoisotopic (exact) mass is 506 g/mol. The largest absolute Gasteiger partial charge is 0.768 e. The number of Topliss-reactive ketones (excluding diaryl/α,β-unsaturated/α-hetero) is 1. The minimum Gasteiger partial charge on any atom is -0.768 e. The van der Waals surface area contributed by atoms with Crippen LogP contribution in [0.4, 0.5) is 5.69 Å². The minimum absolute atomic E-state index is 0.0244. The summed E-state index contributed by atoms with van der Waals surface area (Å²) in [6, 6.07) is 15.4. The Labute approximate surface area is 208 Å². The van der Waals surface area contributed by atoms with Gasteiger partial charge in [0.1, 0.15) is 11.5 Å². The molecule has 0 bridgehead atoms. The molecule has 1 amide bonds. The third-order valence-corrected chi connectivity index (χ3v) is 5.56. The highest BCUT2D eigenvalue weighted by molar-refractivity contribution is 7.79. The van der Waals surface area contributed by atoms with Gasteiger partial charge in [0.2, 0.25) is 5.91 Å². The molecule has 2 aromatic carbocycles. The summed E-state index contributed by atoms with van der Waals surface area (Å²) in [5.41, 5.74) is 0.437. The van der Waals surface area contributed by atoms with E-state index in [9.17, 15) is 23.1 Å². The Morgan fingerprint density at radius 2 is 1.63 bits per heavy atom. The molecule has 3 atom stereocenters. The van der Waals surface area contributed by atoms with Gasteiger partial charge >= 0.3 is 5.97 Å². The average Bonchev–Trinajstić information content (AvgIpc) is 2.86. The molecule has 0 aliphatic carbocycles. The first kappa shape index (κ1) is 30.0. The van der Waals surface area contributed by atoms with Crippen molar-refractivity contribution in [2.45, 2.75) is 44.1 Å². The van der Waals surface area contributed by atoms with Crippen molar-refractivity contribution in [3.05, 3.63) is 54.6 Å². The zero-order chi connectivity index (χ0) is 26.2. The molecular formula is C25H32NO8S-. The second-order valence-corrected chi connectivity index (χ2v) is 8.48. The van der Waals surface area contributed by atoms with Crippen LogP contribution >= 0.6 is 0 Å². The molecule has 9 nitrogen and oxygen atoms in total. The van der Waals surface area contributed by atoms with Crippen LogP contribution in [0.3, 0.4) is 0 Å². The van der Waals surface area contributed by atoms with Gasteiger partial charge < -0.3 is 28.9 Å². The van der Waals surface area contributed by atoms with Crippen LogP contribution in [0.1, 0.15) is 33.1 Å². The molecule has 2 rings (SSSR count). The Bertz CT molecular complexity index is 950. The zero-order valence-corrected chi connectivity index (χ0v) is 21.2. The fourth-order valence-electron chi connectivity index (χ4n) is 2.75. The average molecular weight is 507 g/mol. The molecule has 1 N–H and O–H groups in total. The van der Waals surface area contributed by atoms with Crippen LogP contribution in [0.2, 0.25) is 0 Å². The van der Waals surface area contributed by atoms with E-state index in [4.69, 9.17) is 14.2 Å². The lowest BCUT2D eigenvalue weighted by Crippen LogP contribution is -2.27. The first-order chi connectivity index (χ1) is 16.7. The summed E-state index contributed by atoms with van der Waals surface area (Å²) < 4.78 is 36.6. The Morgan fingerprint density at radius 1 is 1.00 bits per heavy atom. The lowest BCUT2D eigenvalue weighted by atomic mass is 9.97. The molecule has 0 aliphatic heterocycles. The predicted molar refractivity (Wildman–Crippen MR) is 131 cm³/mol. The number of hydrogen-bond acceptors (Lipinski definition) is 8. The molecule has 35 heavy (non-hydrogen) atoms. The number of esters is 1. The number of ether oxygens (including phenoxy) is 3. The SMILES string of the molecule is COC(C)C(=O)OCCC(CCC(C)=O)C(=O)Nc1ccc(S(=O)[O-])cc1.COc1ccccc1. The molecule has 0 radical (unpaired) electrons. The molecule has 0 aliphatic rings. The number of benzene rings is 2. The molecule has 0 spiro atoms. The van der Waals surface area contributed by atoms with E-state index < -0.39 is 29.1 Å². The zero-order valence-electron chi connectivity index (χ0n) is 20.4.